The second-order valence-electron chi connectivity index (χ2n) is 5.69. The van der Waals surface area contributed by atoms with Crippen molar-refractivity contribution in [3.63, 3.8) is 0 Å². The molecule has 0 unspecified atom stereocenters. The Morgan fingerprint density at radius 2 is 2.00 bits per heavy atom. The summed E-state index contributed by atoms with van der Waals surface area (Å²) in [7, 11) is -1.34. The van der Waals surface area contributed by atoms with Gasteiger partial charge in [0.1, 0.15) is 9.84 Å². The van der Waals surface area contributed by atoms with Crippen LogP contribution in [0.3, 0.4) is 0 Å². The molecule has 0 heterocycles. The number of rotatable bonds is 5. The highest BCUT2D eigenvalue weighted by Crippen LogP contribution is 2.49. The fourth-order valence-electron chi connectivity index (χ4n) is 2.51. The summed E-state index contributed by atoms with van der Waals surface area (Å²) < 4.78 is 22.3. The van der Waals surface area contributed by atoms with Crippen LogP contribution in [-0.2, 0) is 14.6 Å². The molecule has 2 atom stereocenters. The first-order valence-electron chi connectivity index (χ1n) is 6.78. The Kier molecular flexibility index (Phi) is 4.18. The van der Waals surface area contributed by atoms with Gasteiger partial charge in [0.05, 0.1) is 5.75 Å². The molecule has 2 rings (SSSR count). The molecule has 4 nitrogen and oxygen atoms in total. The van der Waals surface area contributed by atoms with Gasteiger partial charge in [0.15, 0.2) is 0 Å². The molecule has 0 radical (unpaired) electrons. The van der Waals surface area contributed by atoms with Crippen LogP contribution in [0.4, 0.5) is 0 Å². The van der Waals surface area contributed by atoms with E-state index >= 15 is 0 Å². The summed E-state index contributed by atoms with van der Waals surface area (Å²) in [5, 5.41) is 0. The Balaban J connectivity index is 1.95. The van der Waals surface area contributed by atoms with Crippen molar-refractivity contribution in [3.05, 3.63) is 35.4 Å². The van der Waals surface area contributed by atoms with Crippen molar-refractivity contribution in [3.8, 4) is 0 Å². The van der Waals surface area contributed by atoms with Crippen molar-refractivity contribution in [2.45, 2.75) is 19.3 Å². The number of hydrogen-bond donors (Lipinski definition) is 0. The topological polar surface area (TPSA) is 54.5 Å². The number of carbonyl (C=O) groups is 1. The summed E-state index contributed by atoms with van der Waals surface area (Å²) in [5.74, 6) is 0.392. The molecule has 0 aromatic heterocycles. The van der Waals surface area contributed by atoms with Gasteiger partial charge in [0, 0.05) is 25.8 Å². The Morgan fingerprint density at radius 3 is 2.60 bits per heavy atom. The summed E-state index contributed by atoms with van der Waals surface area (Å²) in [5.41, 5.74) is 2.45. The van der Waals surface area contributed by atoms with Crippen LogP contribution < -0.4 is 0 Å². The van der Waals surface area contributed by atoms with Crippen molar-refractivity contribution in [2.24, 2.45) is 5.92 Å². The molecule has 0 N–H and O–H groups in total. The van der Waals surface area contributed by atoms with Gasteiger partial charge in [0.2, 0.25) is 5.91 Å². The molecule has 1 aromatic carbocycles. The molecule has 1 fully saturated rings. The fraction of sp³-hybridized carbons (Fsp3) is 0.533. The van der Waals surface area contributed by atoms with Gasteiger partial charge in [-0.2, -0.15) is 0 Å². The molecule has 1 amide bonds. The second kappa shape index (κ2) is 5.56. The minimum Gasteiger partial charge on any atom is -0.344 e. The summed E-state index contributed by atoms with van der Waals surface area (Å²) in [4.78, 5) is 13.8. The van der Waals surface area contributed by atoms with Crippen molar-refractivity contribution in [1.29, 1.82) is 0 Å². The van der Waals surface area contributed by atoms with Crippen molar-refractivity contribution in [1.82, 2.24) is 4.90 Å². The third kappa shape index (κ3) is 3.60. The first-order valence-corrected chi connectivity index (χ1v) is 8.84. The van der Waals surface area contributed by atoms with Crippen LogP contribution in [0.2, 0.25) is 0 Å². The van der Waals surface area contributed by atoms with Gasteiger partial charge in [-0.3, -0.25) is 4.79 Å². The third-order valence-electron chi connectivity index (χ3n) is 3.87. The molecular formula is C15H21NO3S. The molecule has 1 aromatic rings. The maximum absolute atomic E-state index is 12.2. The van der Waals surface area contributed by atoms with E-state index in [1.165, 1.54) is 17.4 Å². The highest BCUT2D eigenvalue weighted by molar-refractivity contribution is 7.90. The lowest BCUT2D eigenvalue weighted by molar-refractivity contribution is -0.131. The predicted octanol–water partition coefficient (Wildman–Crippen LogP) is 1.60. The number of aryl methyl sites for hydroxylation is 1. The zero-order chi connectivity index (χ0) is 14.9. The number of hydrogen-bond acceptors (Lipinski definition) is 3. The average Bonchev–Trinajstić information content (AvgIpc) is 3.15. The molecule has 0 saturated heterocycles. The molecule has 1 aliphatic carbocycles. The van der Waals surface area contributed by atoms with Crippen LogP contribution in [0.25, 0.3) is 0 Å². The van der Waals surface area contributed by atoms with E-state index < -0.39 is 9.84 Å². The molecule has 1 aliphatic rings. The summed E-state index contributed by atoms with van der Waals surface area (Å²) >= 11 is 0. The van der Waals surface area contributed by atoms with Gasteiger partial charge in [-0.15, -0.1) is 0 Å². The molecule has 1 saturated carbocycles. The monoisotopic (exact) mass is 295 g/mol. The Morgan fingerprint density at radius 1 is 1.35 bits per heavy atom. The average molecular weight is 295 g/mol. The normalized spacial score (nSPS) is 21.6. The lowest BCUT2D eigenvalue weighted by atomic mass is 10.0. The number of benzene rings is 1. The highest BCUT2D eigenvalue weighted by Gasteiger charge is 2.45. The molecule has 110 valence electrons. The number of amides is 1. The van der Waals surface area contributed by atoms with E-state index in [1.807, 2.05) is 12.1 Å². The van der Waals surface area contributed by atoms with E-state index in [0.29, 0.717) is 5.92 Å². The Labute approximate surface area is 120 Å². The van der Waals surface area contributed by atoms with E-state index in [2.05, 4.69) is 19.1 Å². The molecular weight excluding hydrogens is 274 g/mol. The molecule has 20 heavy (non-hydrogen) atoms. The van der Waals surface area contributed by atoms with Crippen LogP contribution in [0.15, 0.2) is 24.3 Å². The molecule has 0 spiro atoms. The molecule has 0 bridgehead atoms. The standard InChI is InChI=1S/C15H21NO3S/c1-11-6-4-5-7-12(11)13-10-14(13)15(17)16(2)8-9-20(3,18)19/h4-7,13-14H,8-10H2,1-3H3/t13-,14-/m0/s1. The van der Waals surface area contributed by atoms with Gasteiger partial charge >= 0.3 is 0 Å². The molecule has 0 aliphatic heterocycles. The van der Waals surface area contributed by atoms with Gasteiger partial charge in [-0.1, -0.05) is 24.3 Å². The first kappa shape index (κ1) is 15.0. The first-order chi connectivity index (χ1) is 9.29. The van der Waals surface area contributed by atoms with Gasteiger partial charge in [0.25, 0.3) is 0 Å². The second-order valence-corrected chi connectivity index (χ2v) is 7.95. The highest BCUT2D eigenvalue weighted by atomic mass is 32.2. The fourth-order valence-corrected chi connectivity index (χ4v) is 3.12. The van der Waals surface area contributed by atoms with Crippen LogP contribution in [0.5, 0.6) is 0 Å². The predicted molar refractivity (Wildman–Crippen MR) is 79.4 cm³/mol. The van der Waals surface area contributed by atoms with Crippen LogP contribution in [0, 0.1) is 12.8 Å². The zero-order valence-electron chi connectivity index (χ0n) is 12.2. The summed E-state index contributed by atoms with van der Waals surface area (Å²) in [6, 6.07) is 8.12. The van der Waals surface area contributed by atoms with E-state index in [1.54, 1.807) is 11.9 Å². The third-order valence-corrected chi connectivity index (χ3v) is 4.79. The maximum atomic E-state index is 12.2. The maximum Gasteiger partial charge on any atom is 0.226 e. The van der Waals surface area contributed by atoms with E-state index in [9.17, 15) is 13.2 Å². The van der Waals surface area contributed by atoms with E-state index in [0.717, 1.165) is 6.42 Å². The van der Waals surface area contributed by atoms with Crippen molar-refractivity contribution < 1.29 is 13.2 Å². The van der Waals surface area contributed by atoms with Crippen molar-refractivity contribution in [2.75, 3.05) is 25.6 Å². The van der Waals surface area contributed by atoms with E-state index in [4.69, 9.17) is 0 Å². The smallest absolute Gasteiger partial charge is 0.226 e. The Hall–Kier alpha value is -1.36. The van der Waals surface area contributed by atoms with Crippen LogP contribution in [0.1, 0.15) is 23.5 Å². The van der Waals surface area contributed by atoms with E-state index in [-0.39, 0.29) is 24.1 Å². The largest absolute Gasteiger partial charge is 0.344 e. The molecule has 5 heteroatoms. The quantitative estimate of drug-likeness (QED) is 0.829. The minimum atomic E-state index is -3.02. The van der Waals surface area contributed by atoms with Crippen LogP contribution >= 0.6 is 0 Å². The number of nitrogens with zero attached hydrogens (tertiary/aromatic N) is 1. The Bertz CT molecular complexity index is 609. The van der Waals surface area contributed by atoms with Crippen LogP contribution in [-0.4, -0.2) is 44.8 Å². The summed E-state index contributed by atoms with van der Waals surface area (Å²) in [6.45, 7) is 2.33. The summed E-state index contributed by atoms with van der Waals surface area (Å²) in [6.07, 6.45) is 2.06. The van der Waals surface area contributed by atoms with Crippen molar-refractivity contribution >= 4 is 15.7 Å². The zero-order valence-corrected chi connectivity index (χ0v) is 13.0. The number of carbonyl (C=O) groups excluding carboxylic acids is 1. The van der Waals surface area contributed by atoms with Gasteiger partial charge in [-0.05, 0) is 30.4 Å². The SMILES string of the molecule is Cc1ccccc1[C@@H]1C[C@@H]1C(=O)N(C)CCS(C)(=O)=O. The minimum absolute atomic E-state index is 0.0145. The lowest BCUT2D eigenvalue weighted by Crippen LogP contribution is -2.32. The number of sulfone groups is 1. The van der Waals surface area contributed by atoms with Gasteiger partial charge < -0.3 is 4.90 Å². The van der Waals surface area contributed by atoms with Gasteiger partial charge in [-0.25, -0.2) is 8.42 Å². The lowest BCUT2D eigenvalue weighted by Gasteiger charge is -2.16.